The maximum absolute atomic E-state index is 12.6. The molecule has 0 aliphatic rings. The van der Waals surface area contributed by atoms with E-state index in [1.807, 2.05) is 0 Å². The number of hydrogen-bond donors (Lipinski definition) is 0. The standard InChI is InChI=1S/C12H11F3O2/c1-8(16)6-10(17)7-9-4-2-3-5-11(9)12(13,14)15/h2-5H,6-7H2,1H3. The molecular weight excluding hydrogens is 233 g/mol. The Hall–Kier alpha value is -1.65. The van der Waals surface area contributed by atoms with E-state index in [1.54, 1.807) is 0 Å². The van der Waals surface area contributed by atoms with Gasteiger partial charge in [0.1, 0.15) is 11.6 Å². The third-order valence-corrected chi connectivity index (χ3v) is 2.16. The van der Waals surface area contributed by atoms with E-state index in [2.05, 4.69) is 0 Å². The van der Waals surface area contributed by atoms with Crippen molar-refractivity contribution < 1.29 is 22.8 Å². The molecule has 1 aromatic carbocycles. The van der Waals surface area contributed by atoms with Crippen LogP contribution < -0.4 is 0 Å². The fourth-order valence-corrected chi connectivity index (χ4v) is 1.50. The number of benzene rings is 1. The van der Waals surface area contributed by atoms with Crippen LogP contribution in [0.1, 0.15) is 24.5 Å². The molecule has 0 atom stereocenters. The van der Waals surface area contributed by atoms with Crippen LogP contribution in [0.2, 0.25) is 0 Å². The van der Waals surface area contributed by atoms with Crippen molar-refractivity contribution in [2.75, 3.05) is 0 Å². The summed E-state index contributed by atoms with van der Waals surface area (Å²) in [5.74, 6) is -0.853. The summed E-state index contributed by atoms with van der Waals surface area (Å²) < 4.78 is 37.7. The van der Waals surface area contributed by atoms with Crippen molar-refractivity contribution in [3.8, 4) is 0 Å². The summed E-state index contributed by atoms with van der Waals surface area (Å²) in [5, 5.41) is 0. The largest absolute Gasteiger partial charge is 0.416 e. The highest BCUT2D eigenvalue weighted by atomic mass is 19.4. The minimum Gasteiger partial charge on any atom is -0.300 e. The Bertz CT molecular complexity index is 436. The van der Waals surface area contributed by atoms with Gasteiger partial charge in [-0.2, -0.15) is 13.2 Å². The minimum absolute atomic E-state index is 0.0914. The molecule has 0 radical (unpaired) electrons. The minimum atomic E-state index is -4.48. The Morgan fingerprint density at radius 1 is 1.18 bits per heavy atom. The third kappa shape index (κ3) is 4.01. The lowest BCUT2D eigenvalue weighted by atomic mass is 10.00. The molecule has 0 aromatic heterocycles. The molecule has 0 N–H and O–H groups in total. The predicted molar refractivity (Wildman–Crippen MR) is 55.5 cm³/mol. The molecule has 0 aliphatic carbocycles. The molecule has 2 nitrogen and oxygen atoms in total. The Kier molecular flexibility index (Phi) is 4.04. The Morgan fingerprint density at radius 3 is 2.29 bits per heavy atom. The molecule has 0 saturated heterocycles. The van der Waals surface area contributed by atoms with Gasteiger partial charge in [-0.3, -0.25) is 9.59 Å². The Labute approximate surface area is 96.4 Å². The van der Waals surface area contributed by atoms with Gasteiger partial charge in [0.25, 0.3) is 0 Å². The highest BCUT2D eigenvalue weighted by Gasteiger charge is 2.33. The first-order chi connectivity index (χ1) is 7.80. The third-order valence-electron chi connectivity index (χ3n) is 2.16. The first-order valence-corrected chi connectivity index (χ1v) is 4.97. The lowest BCUT2D eigenvalue weighted by Crippen LogP contribution is -2.13. The molecule has 0 aliphatic heterocycles. The number of carbonyl (C=O) groups is 2. The monoisotopic (exact) mass is 244 g/mol. The molecule has 92 valence electrons. The number of halogens is 3. The van der Waals surface area contributed by atoms with Crippen molar-refractivity contribution in [3.05, 3.63) is 35.4 Å². The van der Waals surface area contributed by atoms with Crippen LogP contribution in [0.15, 0.2) is 24.3 Å². The van der Waals surface area contributed by atoms with E-state index in [9.17, 15) is 22.8 Å². The fraction of sp³-hybridized carbons (Fsp3) is 0.333. The smallest absolute Gasteiger partial charge is 0.300 e. The molecule has 0 spiro atoms. The molecule has 0 fully saturated rings. The van der Waals surface area contributed by atoms with Crippen molar-refractivity contribution in [2.45, 2.75) is 25.9 Å². The molecular formula is C12H11F3O2. The van der Waals surface area contributed by atoms with Gasteiger partial charge in [0.2, 0.25) is 0 Å². The van der Waals surface area contributed by atoms with Crippen LogP contribution in [-0.4, -0.2) is 11.6 Å². The molecule has 17 heavy (non-hydrogen) atoms. The van der Waals surface area contributed by atoms with Crippen molar-refractivity contribution in [1.82, 2.24) is 0 Å². The highest BCUT2D eigenvalue weighted by molar-refractivity contribution is 5.98. The quantitative estimate of drug-likeness (QED) is 0.763. The number of hydrogen-bond acceptors (Lipinski definition) is 2. The molecule has 0 unspecified atom stereocenters. The Morgan fingerprint density at radius 2 is 1.76 bits per heavy atom. The first kappa shape index (κ1) is 13.4. The maximum atomic E-state index is 12.6. The average molecular weight is 244 g/mol. The molecule has 5 heteroatoms. The summed E-state index contributed by atoms with van der Waals surface area (Å²) in [7, 11) is 0. The van der Waals surface area contributed by atoms with Crippen molar-refractivity contribution >= 4 is 11.6 Å². The molecule has 1 aromatic rings. The van der Waals surface area contributed by atoms with Crippen LogP contribution in [0.25, 0.3) is 0 Å². The van der Waals surface area contributed by atoms with E-state index in [-0.39, 0.29) is 24.2 Å². The zero-order valence-corrected chi connectivity index (χ0v) is 9.17. The van der Waals surface area contributed by atoms with Crippen molar-refractivity contribution in [3.63, 3.8) is 0 Å². The van der Waals surface area contributed by atoms with Crippen LogP contribution >= 0.6 is 0 Å². The van der Waals surface area contributed by atoms with Crippen molar-refractivity contribution in [1.29, 1.82) is 0 Å². The van der Waals surface area contributed by atoms with E-state index < -0.39 is 17.5 Å². The molecule has 0 saturated carbocycles. The zero-order chi connectivity index (χ0) is 13.1. The second kappa shape index (κ2) is 5.12. The normalized spacial score (nSPS) is 11.3. The van der Waals surface area contributed by atoms with Crippen molar-refractivity contribution in [2.24, 2.45) is 0 Å². The van der Waals surface area contributed by atoms with Crippen LogP contribution in [0.4, 0.5) is 13.2 Å². The fourth-order valence-electron chi connectivity index (χ4n) is 1.50. The van der Waals surface area contributed by atoms with Crippen LogP contribution in [0.3, 0.4) is 0 Å². The van der Waals surface area contributed by atoms with Crippen LogP contribution in [-0.2, 0) is 22.2 Å². The number of carbonyl (C=O) groups excluding carboxylic acids is 2. The Balaban J connectivity index is 2.92. The summed E-state index contributed by atoms with van der Waals surface area (Å²) in [6, 6.07) is 4.88. The van der Waals surface area contributed by atoms with Crippen LogP contribution in [0, 0.1) is 0 Å². The topological polar surface area (TPSA) is 34.1 Å². The van der Waals surface area contributed by atoms with Gasteiger partial charge >= 0.3 is 6.18 Å². The van der Waals surface area contributed by atoms with Gasteiger partial charge in [0.05, 0.1) is 12.0 Å². The summed E-state index contributed by atoms with van der Waals surface area (Å²) in [4.78, 5) is 22.0. The number of ketones is 2. The summed E-state index contributed by atoms with van der Waals surface area (Å²) in [6.07, 6.45) is -5.17. The number of Topliss-reactive ketones (excluding diaryl/α,β-unsaturated/α-hetero) is 2. The van der Waals surface area contributed by atoms with E-state index in [0.29, 0.717) is 0 Å². The van der Waals surface area contributed by atoms with E-state index in [0.717, 1.165) is 6.07 Å². The molecule has 0 amide bonds. The average Bonchev–Trinajstić information content (AvgIpc) is 2.15. The summed E-state index contributed by atoms with van der Waals surface area (Å²) in [5.41, 5.74) is -0.914. The molecule has 1 rings (SSSR count). The van der Waals surface area contributed by atoms with Gasteiger partial charge in [-0.25, -0.2) is 0 Å². The summed E-state index contributed by atoms with van der Waals surface area (Å²) >= 11 is 0. The van der Waals surface area contributed by atoms with Gasteiger partial charge in [-0.1, -0.05) is 18.2 Å². The van der Waals surface area contributed by atoms with Gasteiger partial charge in [-0.15, -0.1) is 0 Å². The second-order valence-electron chi connectivity index (χ2n) is 3.75. The SMILES string of the molecule is CC(=O)CC(=O)Cc1ccccc1C(F)(F)F. The van der Waals surface area contributed by atoms with Gasteiger partial charge in [-0.05, 0) is 18.6 Å². The van der Waals surface area contributed by atoms with Crippen LogP contribution in [0.5, 0.6) is 0 Å². The maximum Gasteiger partial charge on any atom is 0.416 e. The predicted octanol–water partition coefficient (Wildman–Crippen LogP) is 2.80. The van der Waals surface area contributed by atoms with E-state index in [4.69, 9.17) is 0 Å². The highest BCUT2D eigenvalue weighted by Crippen LogP contribution is 2.32. The number of rotatable bonds is 4. The van der Waals surface area contributed by atoms with Gasteiger partial charge in [0.15, 0.2) is 0 Å². The zero-order valence-electron chi connectivity index (χ0n) is 9.17. The number of alkyl halides is 3. The second-order valence-corrected chi connectivity index (χ2v) is 3.75. The lowest BCUT2D eigenvalue weighted by Gasteiger charge is -2.11. The van der Waals surface area contributed by atoms with Gasteiger partial charge in [0, 0.05) is 6.42 Å². The molecule has 0 heterocycles. The first-order valence-electron chi connectivity index (χ1n) is 4.97. The lowest BCUT2D eigenvalue weighted by molar-refractivity contribution is -0.138. The molecule has 0 bridgehead atoms. The van der Waals surface area contributed by atoms with E-state index >= 15 is 0 Å². The van der Waals surface area contributed by atoms with E-state index in [1.165, 1.54) is 25.1 Å². The van der Waals surface area contributed by atoms with Gasteiger partial charge < -0.3 is 0 Å². The summed E-state index contributed by atoms with van der Waals surface area (Å²) in [6.45, 7) is 1.23.